The molecule has 1 saturated heterocycles. The second kappa shape index (κ2) is 5.69. The number of carbonyl (C=O) groups is 1. The molecule has 0 atom stereocenters. The fourth-order valence-corrected chi connectivity index (χ4v) is 2.42. The second-order valence-electron chi connectivity index (χ2n) is 5.56. The molecule has 7 nitrogen and oxygen atoms in total. The fraction of sp³-hybridized carbons (Fsp3) is 0.500. The second-order valence-corrected chi connectivity index (χ2v) is 5.56. The summed E-state index contributed by atoms with van der Waals surface area (Å²) in [6, 6.07) is 4.26. The normalized spacial score (nSPS) is 17.4. The summed E-state index contributed by atoms with van der Waals surface area (Å²) in [7, 11) is 1.68. The number of rotatable bonds is 3. The van der Waals surface area contributed by atoms with Crippen LogP contribution in [0.25, 0.3) is 0 Å². The minimum Gasteiger partial charge on any atom is -0.387 e. The molecule has 1 aromatic carbocycles. The lowest BCUT2D eigenvalue weighted by Crippen LogP contribution is -2.55. The summed E-state index contributed by atoms with van der Waals surface area (Å²) < 4.78 is 5.40. The van der Waals surface area contributed by atoms with E-state index >= 15 is 0 Å². The number of amides is 1. The Morgan fingerprint density at radius 1 is 1.48 bits per heavy atom. The van der Waals surface area contributed by atoms with E-state index in [1.165, 1.54) is 12.1 Å². The molecule has 1 fully saturated rings. The molecule has 114 valence electrons. The standard InChI is InChI=1S/C14H19N3O4/c1-14(2)9-21-7-6-16(14)13(18)11-8-10(17(19)20)4-5-12(11)15-3/h4-5,8,15H,6-7,9H2,1-3H3. The maximum absolute atomic E-state index is 12.8. The molecule has 0 spiro atoms. The maximum Gasteiger partial charge on any atom is 0.270 e. The first kappa shape index (κ1) is 15.2. The van der Waals surface area contributed by atoms with Crippen molar-refractivity contribution in [2.45, 2.75) is 19.4 Å². The van der Waals surface area contributed by atoms with E-state index in [2.05, 4.69) is 5.32 Å². The van der Waals surface area contributed by atoms with Gasteiger partial charge in [-0.15, -0.1) is 0 Å². The van der Waals surface area contributed by atoms with Crippen LogP contribution in [0.1, 0.15) is 24.2 Å². The average Bonchev–Trinajstić information content (AvgIpc) is 2.45. The number of nitro groups is 1. The molecule has 0 saturated carbocycles. The molecule has 1 aliphatic heterocycles. The van der Waals surface area contributed by atoms with Gasteiger partial charge < -0.3 is 15.0 Å². The van der Waals surface area contributed by atoms with Crippen LogP contribution in [-0.2, 0) is 4.74 Å². The summed E-state index contributed by atoms with van der Waals surface area (Å²) in [6.07, 6.45) is 0. The Kier molecular flexibility index (Phi) is 4.13. The van der Waals surface area contributed by atoms with E-state index in [1.807, 2.05) is 13.8 Å². The van der Waals surface area contributed by atoms with Crippen molar-refractivity contribution in [3.8, 4) is 0 Å². The van der Waals surface area contributed by atoms with Crippen LogP contribution in [0, 0.1) is 10.1 Å². The number of hydrogen-bond donors (Lipinski definition) is 1. The van der Waals surface area contributed by atoms with Crippen LogP contribution in [-0.4, -0.2) is 48.1 Å². The van der Waals surface area contributed by atoms with E-state index < -0.39 is 10.5 Å². The molecule has 1 aromatic rings. The van der Waals surface area contributed by atoms with E-state index in [0.717, 1.165) is 0 Å². The zero-order valence-electron chi connectivity index (χ0n) is 12.4. The molecule has 0 aromatic heterocycles. The van der Waals surface area contributed by atoms with Crippen molar-refractivity contribution < 1.29 is 14.5 Å². The molecule has 1 heterocycles. The average molecular weight is 293 g/mol. The van der Waals surface area contributed by atoms with Gasteiger partial charge in [0, 0.05) is 31.4 Å². The Labute approximate surface area is 123 Å². The summed E-state index contributed by atoms with van der Waals surface area (Å²) in [5, 5.41) is 13.8. The minimum atomic E-state index is -0.499. The van der Waals surface area contributed by atoms with Crippen LogP contribution in [0.5, 0.6) is 0 Å². The highest BCUT2D eigenvalue weighted by Gasteiger charge is 2.35. The van der Waals surface area contributed by atoms with Crippen molar-refractivity contribution in [1.29, 1.82) is 0 Å². The van der Waals surface area contributed by atoms with E-state index in [4.69, 9.17) is 4.74 Å². The Balaban J connectivity index is 2.41. The third-order valence-corrected chi connectivity index (χ3v) is 3.60. The maximum atomic E-state index is 12.8. The topological polar surface area (TPSA) is 84.7 Å². The van der Waals surface area contributed by atoms with Gasteiger partial charge in [-0.2, -0.15) is 0 Å². The monoisotopic (exact) mass is 293 g/mol. The number of anilines is 1. The van der Waals surface area contributed by atoms with Gasteiger partial charge in [0.05, 0.1) is 29.2 Å². The number of nitrogens with one attached hydrogen (secondary N) is 1. The highest BCUT2D eigenvalue weighted by Crippen LogP contribution is 2.27. The molecule has 1 N–H and O–H groups in total. The Bertz CT molecular complexity index is 571. The first-order chi connectivity index (χ1) is 9.86. The predicted molar refractivity (Wildman–Crippen MR) is 78.6 cm³/mol. The largest absolute Gasteiger partial charge is 0.387 e. The molecule has 0 aliphatic carbocycles. The number of ether oxygens (including phenoxy) is 1. The van der Waals surface area contributed by atoms with Crippen LogP contribution in [0.3, 0.4) is 0 Å². The fourth-order valence-electron chi connectivity index (χ4n) is 2.42. The first-order valence-corrected chi connectivity index (χ1v) is 6.73. The van der Waals surface area contributed by atoms with Gasteiger partial charge in [-0.1, -0.05) is 0 Å². The number of nitrogens with zero attached hydrogens (tertiary/aromatic N) is 2. The molecule has 21 heavy (non-hydrogen) atoms. The highest BCUT2D eigenvalue weighted by molar-refractivity contribution is 6.00. The molecule has 0 bridgehead atoms. The van der Waals surface area contributed by atoms with Crippen LogP contribution < -0.4 is 5.32 Å². The lowest BCUT2D eigenvalue weighted by Gasteiger charge is -2.42. The summed E-state index contributed by atoms with van der Waals surface area (Å²) >= 11 is 0. The van der Waals surface area contributed by atoms with Gasteiger partial charge in [0.25, 0.3) is 11.6 Å². The van der Waals surface area contributed by atoms with Gasteiger partial charge in [0.2, 0.25) is 0 Å². The third-order valence-electron chi connectivity index (χ3n) is 3.60. The number of non-ortho nitro benzene ring substituents is 1. The molecule has 0 unspecified atom stereocenters. The molecule has 2 rings (SSSR count). The lowest BCUT2D eigenvalue weighted by atomic mass is 10.00. The van der Waals surface area contributed by atoms with Gasteiger partial charge in [0.1, 0.15) is 0 Å². The number of benzene rings is 1. The summed E-state index contributed by atoms with van der Waals surface area (Å²) in [5.74, 6) is -0.226. The summed E-state index contributed by atoms with van der Waals surface area (Å²) in [5.41, 5.74) is 0.350. The van der Waals surface area contributed by atoms with E-state index in [-0.39, 0.29) is 11.6 Å². The van der Waals surface area contributed by atoms with Gasteiger partial charge in [0.15, 0.2) is 0 Å². The molecule has 7 heteroatoms. The number of carbonyl (C=O) groups excluding carboxylic acids is 1. The number of morpholine rings is 1. The molecule has 1 aliphatic rings. The highest BCUT2D eigenvalue weighted by atomic mass is 16.6. The molecular weight excluding hydrogens is 274 g/mol. The summed E-state index contributed by atoms with van der Waals surface area (Å²) in [6.45, 7) is 5.22. The predicted octanol–water partition coefficient (Wildman–Crippen LogP) is 1.89. The van der Waals surface area contributed by atoms with Crippen LogP contribution in [0.4, 0.5) is 11.4 Å². The quantitative estimate of drug-likeness (QED) is 0.679. The van der Waals surface area contributed by atoms with Crippen molar-refractivity contribution in [2.24, 2.45) is 0 Å². The van der Waals surface area contributed by atoms with E-state index in [1.54, 1.807) is 18.0 Å². The zero-order valence-corrected chi connectivity index (χ0v) is 12.4. The number of hydrogen-bond acceptors (Lipinski definition) is 5. The SMILES string of the molecule is CNc1ccc([N+](=O)[O-])cc1C(=O)N1CCOCC1(C)C. The lowest BCUT2D eigenvalue weighted by molar-refractivity contribution is -0.384. The van der Waals surface area contributed by atoms with Crippen LogP contribution >= 0.6 is 0 Å². The van der Waals surface area contributed by atoms with Gasteiger partial charge in [-0.05, 0) is 19.9 Å². The molecule has 0 radical (unpaired) electrons. The zero-order chi connectivity index (χ0) is 15.6. The molecule has 1 amide bonds. The Morgan fingerprint density at radius 3 is 2.76 bits per heavy atom. The van der Waals surface area contributed by atoms with Crippen molar-refractivity contribution in [3.05, 3.63) is 33.9 Å². The van der Waals surface area contributed by atoms with Gasteiger partial charge in [-0.3, -0.25) is 14.9 Å². The van der Waals surface area contributed by atoms with Crippen LogP contribution in [0.2, 0.25) is 0 Å². The van der Waals surface area contributed by atoms with Gasteiger partial charge in [-0.25, -0.2) is 0 Å². The van der Waals surface area contributed by atoms with Gasteiger partial charge >= 0.3 is 0 Å². The Hall–Kier alpha value is -2.15. The third kappa shape index (κ3) is 2.97. The van der Waals surface area contributed by atoms with E-state index in [9.17, 15) is 14.9 Å². The number of nitro benzene ring substituents is 1. The summed E-state index contributed by atoms with van der Waals surface area (Å²) in [4.78, 5) is 24.9. The Morgan fingerprint density at radius 2 is 2.19 bits per heavy atom. The van der Waals surface area contributed by atoms with Crippen LogP contribution in [0.15, 0.2) is 18.2 Å². The first-order valence-electron chi connectivity index (χ1n) is 6.73. The van der Waals surface area contributed by atoms with Crippen molar-refractivity contribution >= 4 is 17.3 Å². The van der Waals surface area contributed by atoms with Crippen molar-refractivity contribution in [3.63, 3.8) is 0 Å². The van der Waals surface area contributed by atoms with E-state index in [0.29, 0.717) is 31.0 Å². The molecular formula is C14H19N3O4. The van der Waals surface area contributed by atoms with Crippen molar-refractivity contribution in [2.75, 3.05) is 32.1 Å². The minimum absolute atomic E-state index is 0.0941. The van der Waals surface area contributed by atoms with Crippen molar-refractivity contribution in [1.82, 2.24) is 4.90 Å². The smallest absolute Gasteiger partial charge is 0.270 e.